The number of likely N-dealkylation sites (N-methyl/N-ethyl adjacent to an activating group) is 1. The van der Waals surface area contributed by atoms with E-state index in [1.807, 2.05) is 31.6 Å². The molecule has 0 atom stereocenters. The number of hydrogen-bond donors (Lipinski definition) is 0. The predicted octanol–water partition coefficient (Wildman–Crippen LogP) is 2.87. The Bertz CT molecular complexity index is 1020. The fraction of sp³-hybridized carbons (Fsp3) is 0.316. The van der Waals surface area contributed by atoms with Crippen molar-refractivity contribution in [2.45, 2.75) is 18.8 Å². The van der Waals surface area contributed by atoms with Gasteiger partial charge in [-0.1, -0.05) is 0 Å². The third kappa shape index (κ3) is 2.28. The van der Waals surface area contributed by atoms with Crippen molar-refractivity contribution in [2.24, 2.45) is 7.05 Å². The normalized spacial score (nSPS) is 16.9. The molecule has 2 aliphatic rings. The van der Waals surface area contributed by atoms with Crippen LogP contribution in [0, 0.1) is 0 Å². The molecule has 1 saturated carbocycles. The molecule has 0 spiro atoms. The SMILES string of the molecule is CN1C(=O)COc2cc3c(C4CC4)cc(-c4cnn(C)c4)nc3cc21. The van der Waals surface area contributed by atoms with Crippen molar-refractivity contribution in [3.8, 4) is 17.0 Å². The van der Waals surface area contributed by atoms with Crippen LogP contribution in [-0.2, 0) is 11.8 Å². The Balaban J connectivity index is 1.75. The van der Waals surface area contributed by atoms with E-state index in [4.69, 9.17) is 9.72 Å². The van der Waals surface area contributed by atoms with Gasteiger partial charge in [-0.05, 0) is 42.5 Å². The van der Waals surface area contributed by atoms with Crippen molar-refractivity contribution in [2.75, 3.05) is 18.6 Å². The van der Waals surface area contributed by atoms with E-state index in [-0.39, 0.29) is 12.5 Å². The van der Waals surface area contributed by atoms with Crippen LogP contribution in [0.5, 0.6) is 5.75 Å². The van der Waals surface area contributed by atoms with Crippen molar-refractivity contribution in [1.29, 1.82) is 0 Å². The quantitative estimate of drug-likeness (QED) is 0.723. The molecule has 1 fully saturated rings. The number of carbonyl (C=O) groups is 1. The second-order valence-corrected chi connectivity index (χ2v) is 6.85. The van der Waals surface area contributed by atoms with E-state index in [9.17, 15) is 4.79 Å². The summed E-state index contributed by atoms with van der Waals surface area (Å²) in [4.78, 5) is 18.4. The Kier molecular flexibility index (Phi) is 2.92. The minimum Gasteiger partial charge on any atom is -0.482 e. The molecule has 1 amide bonds. The number of fused-ring (bicyclic) bond motifs is 2. The van der Waals surface area contributed by atoms with Crippen LogP contribution in [0.1, 0.15) is 24.3 Å². The van der Waals surface area contributed by atoms with Gasteiger partial charge in [-0.3, -0.25) is 9.48 Å². The summed E-state index contributed by atoms with van der Waals surface area (Å²) in [7, 11) is 3.68. The van der Waals surface area contributed by atoms with Gasteiger partial charge in [0, 0.05) is 31.2 Å². The highest BCUT2D eigenvalue weighted by Crippen LogP contribution is 2.46. The van der Waals surface area contributed by atoms with Crippen LogP contribution in [0.15, 0.2) is 30.6 Å². The van der Waals surface area contributed by atoms with Crippen molar-refractivity contribution in [3.63, 3.8) is 0 Å². The Labute approximate surface area is 145 Å². The van der Waals surface area contributed by atoms with Crippen molar-refractivity contribution in [1.82, 2.24) is 14.8 Å². The lowest BCUT2D eigenvalue weighted by molar-refractivity contribution is -0.120. The first-order chi connectivity index (χ1) is 12.1. The second-order valence-electron chi connectivity index (χ2n) is 6.85. The Hall–Kier alpha value is -2.89. The molecule has 6 nitrogen and oxygen atoms in total. The third-order valence-corrected chi connectivity index (χ3v) is 5.03. The number of anilines is 1. The second kappa shape index (κ2) is 5.05. The molecule has 0 saturated heterocycles. The summed E-state index contributed by atoms with van der Waals surface area (Å²) in [5, 5.41) is 5.38. The number of hydrogen-bond acceptors (Lipinski definition) is 4. The van der Waals surface area contributed by atoms with Gasteiger partial charge in [0.2, 0.25) is 0 Å². The van der Waals surface area contributed by atoms with Gasteiger partial charge in [-0.15, -0.1) is 0 Å². The number of benzene rings is 1. The molecule has 3 aromatic rings. The summed E-state index contributed by atoms with van der Waals surface area (Å²) in [6.45, 7) is 0.0922. The molecule has 3 heterocycles. The van der Waals surface area contributed by atoms with E-state index in [2.05, 4.69) is 11.2 Å². The molecule has 2 aromatic heterocycles. The summed E-state index contributed by atoms with van der Waals surface area (Å²) in [5.41, 5.74) is 4.92. The molecule has 1 aliphatic carbocycles. The van der Waals surface area contributed by atoms with Crippen LogP contribution >= 0.6 is 0 Å². The monoisotopic (exact) mass is 334 g/mol. The maximum Gasteiger partial charge on any atom is 0.264 e. The average molecular weight is 334 g/mol. The maximum absolute atomic E-state index is 11.9. The van der Waals surface area contributed by atoms with Crippen molar-refractivity contribution < 1.29 is 9.53 Å². The Morgan fingerprint density at radius 1 is 1.20 bits per heavy atom. The molecule has 1 aliphatic heterocycles. The molecule has 0 N–H and O–H groups in total. The minimum absolute atomic E-state index is 0.0438. The van der Waals surface area contributed by atoms with Crippen LogP contribution in [0.25, 0.3) is 22.2 Å². The Morgan fingerprint density at radius 2 is 2.04 bits per heavy atom. The minimum atomic E-state index is -0.0438. The summed E-state index contributed by atoms with van der Waals surface area (Å²) in [5.74, 6) is 1.30. The summed E-state index contributed by atoms with van der Waals surface area (Å²) in [6, 6.07) is 6.19. The highest BCUT2D eigenvalue weighted by atomic mass is 16.5. The molecule has 0 bridgehead atoms. The zero-order chi connectivity index (χ0) is 17.1. The molecule has 6 heteroatoms. The first-order valence-electron chi connectivity index (χ1n) is 8.47. The summed E-state index contributed by atoms with van der Waals surface area (Å²) in [6.07, 6.45) is 6.23. The zero-order valence-corrected chi connectivity index (χ0v) is 14.2. The van der Waals surface area contributed by atoms with Crippen LogP contribution < -0.4 is 9.64 Å². The van der Waals surface area contributed by atoms with Crippen LogP contribution in [0.2, 0.25) is 0 Å². The van der Waals surface area contributed by atoms with E-state index in [1.165, 1.54) is 18.4 Å². The number of aryl methyl sites for hydroxylation is 1. The van der Waals surface area contributed by atoms with E-state index in [0.717, 1.165) is 33.6 Å². The largest absolute Gasteiger partial charge is 0.482 e. The van der Waals surface area contributed by atoms with Gasteiger partial charge in [-0.2, -0.15) is 5.10 Å². The first kappa shape index (κ1) is 14.5. The number of amides is 1. The molecule has 25 heavy (non-hydrogen) atoms. The van der Waals surface area contributed by atoms with E-state index < -0.39 is 0 Å². The van der Waals surface area contributed by atoms with Crippen LogP contribution in [-0.4, -0.2) is 34.3 Å². The molecule has 0 radical (unpaired) electrons. The molecular weight excluding hydrogens is 316 g/mol. The maximum atomic E-state index is 11.9. The van der Waals surface area contributed by atoms with Gasteiger partial charge >= 0.3 is 0 Å². The van der Waals surface area contributed by atoms with Crippen molar-refractivity contribution >= 4 is 22.5 Å². The number of rotatable bonds is 2. The fourth-order valence-corrected chi connectivity index (χ4v) is 3.45. The summed E-state index contributed by atoms with van der Waals surface area (Å²) < 4.78 is 7.44. The van der Waals surface area contributed by atoms with Gasteiger partial charge in [0.1, 0.15) is 5.75 Å². The predicted molar refractivity (Wildman–Crippen MR) is 94.8 cm³/mol. The van der Waals surface area contributed by atoms with Gasteiger partial charge in [0.05, 0.1) is 23.1 Å². The lowest BCUT2D eigenvalue weighted by atomic mass is 10.0. The van der Waals surface area contributed by atoms with Crippen LogP contribution in [0.4, 0.5) is 5.69 Å². The smallest absolute Gasteiger partial charge is 0.264 e. The number of ether oxygens (including phenoxy) is 1. The topological polar surface area (TPSA) is 60.3 Å². The third-order valence-electron chi connectivity index (χ3n) is 5.03. The zero-order valence-electron chi connectivity index (χ0n) is 14.2. The highest BCUT2D eigenvalue weighted by Gasteiger charge is 2.29. The molecule has 5 rings (SSSR count). The number of pyridine rings is 1. The average Bonchev–Trinajstić information content (AvgIpc) is 3.37. The number of aromatic nitrogens is 3. The lowest BCUT2D eigenvalue weighted by Gasteiger charge is -2.26. The van der Waals surface area contributed by atoms with Crippen LogP contribution in [0.3, 0.4) is 0 Å². The molecule has 1 aromatic carbocycles. The van der Waals surface area contributed by atoms with Gasteiger partial charge in [0.15, 0.2) is 6.61 Å². The number of carbonyl (C=O) groups excluding carboxylic acids is 1. The van der Waals surface area contributed by atoms with E-state index >= 15 is 0 Å². The Morgan fingerprint density at radius 3 is 2.76 bits per heavy atom. The van der Waals surface area contributed by atoms with Crippen molar-refractivity contribution in [3.05, 3.63) is 36.2 Å². The number of nitrogens with zero attached hydrogens (tertiary/aromatic N) is 4. The van der Waals surface area contributed by atoms with Gasteiger partial charge < -0.3 is 9.64 Å². The first-order valence-corrected chi connectivity index (χ1v) is 8.47. The van der Waals surface area contributed by atoms with E-state index in [0.29, 0.717) is 5.92 Å². The molecular formula is C19H18N4O2. The molecule has 126 valence electrons. The molecule has 0 unspecified atom stereocenters. The highest BCUT2D eigenvalue weighted by molar-refractivity contribution is 6.01. The standard InChI is InChI=1S/C19H18N4O2/c1-22-9-12(8-20-22)15-5-13(11-3-4-11)14-6-18-17(7-16(14)21-15)23(2)19(24)10-25-18/h5-9,11H,3-4,10H2,1-2H3. The van der Waals surface area contributed by atoms with Gasteiger partial charge in [0.25, 0.3) is 5.91 Å². The summed E-state index contributed by atoms with van der Waals surface area (Å²) >= 11 is 0. The lowest BCUT2D eigenvalue weighted by Crippen LogP contribution is -2.35. The fourth-order valence-electron chi connectivity index (χ4n) is 3.45. The van der Waals surface area contributed by atoms with Gasteiger partial charge in [-0.25, -0.2) is 4.98 Å². The van der Waals surface area contributed by atoms with E-state index in [1.54, 1.807) is 16.6 Å².